The SMILES string of the molecule is CCC(=O)N1CCN(C(=O)Nc2ccc(/C=C/c3ccc4c(c3)OCO4)cc2)CC1. The number of hydrogen-bond donors (Lipinski definition) is 1. The summed E-state index contributed by atoms with van der Waals surface area (Å²) >= 11 is 0. The van der Waals surface area contributed by atoms with Gasteiger partial charge < -0.3 is 24.6 Å². The maximum atomic E-state index is 12.5. The first-order valence-electron chi connectivity index (χ1n) is 10.1. The number of urea groups is 1. The molecule has 0 aliphatic carbocycles. The zero-order valence-electron chi connectivity index (χ0n) is 17.0. The number of amides is 3. The molecule has 1 N–H and O–H groups in total. The predicted molar refractivity (Wildman–Crippen MR) is 115 cm³/mol. The first kappa shape index (κ1) is 19.8. The van der Waals surface area contributed by atoms with E-state index in [1.165, 1.54) is 0 Å². The normalized spacial score (nSPS) is 15.5. The minimum absolute atomic E-state index is 0.137. The van der Waals surface area contributed by atoms with Crippen molar-refractivity contribution in [2.75, 3.05) is 38.3 Å². The Kier molecular flexibility index (Phi) is 5.88. The van der Waals surface area contributed by atoms with E-state index in [1.807, 2.05) is 66.4 Å². The van der Waals surface area contributed by atoms with Crippen molar-refractivity contribution < 1.29 is 19.1 Å². The second kappa shape index (κ2) is 8.90. The highest BCUT2D eigenvalue weighted by molar-refractivity contribution is 5.89. The van der Waals surface area contributed by atoms with Gasteiger partial charge in [0, 0.05) is 38.3 Å². The highest BCUT2D eigenvalue weighted by atomic mass is 16.7. The third-order valence-corrected chi connectivity index (χ3v) is 5.25. The number of nitrogens with one attached hydrogen (secondary N) is 1. The van der Waals surface area contributed by atoms with Crippen LogP contribution in [0.25, 0.3) is 12.2 Å². The lowest BCUT2D eigenvalue weighted by Crippen LogP contribution is -2.51. The molecular formula is C23H25N3O4. The molecule has 30 heavy (non-hydrogen) atoms. The molecule has 0 saturated carbocycles. The molecule has 0 atom stereocenters. The second-order valence-corrected chi connectivity index (χ2v) is 7.22. The molecule has 2 heterocycles. The number of rotatable bonds is 4. The fourth-order valence-electron chi connectivity index (χ4n) is 3.47. The van der Waals surface area contributed by atoms with Gasteiger partial charge in [-0.1, -0.05) is 37.3 Å². The largest absolute Gasteiger partial charge is 0.454 e. The summed E-state index contributed by atoms with van der Waals surface area (Å²) in [5.41, 5.74) is 2.79. The number of piperazine rings is 1. The monoisotopic (exact) mass is 407 g/mol. The Bertz CT molecular complexity index is 947. The lowest BCUT2D eigenvalue weighted by molar-refractivity contribution is -0.132. The summed E-state index contributed by atoms with van der Waals surface area (Å²) in [4.78, 5) is 27.8. The van der Waals surface area contributed by atoms with Gasteiger partial charge in [0.1, 0.15) is 0 Å². The van der Waals surface area contributed by atoms with Crippen LogP contribution in [0.5, 0.6) is 11.5 Å². The Hall–Kier alpha value is -3.48. The highest BCUT2D eigenvalue weighted by Gasteiger charge is 2.23. The molecule has 2 aromatic rings. The first-order chi connectivity index (χ1) is 14.6. The van der Waals surface area contributed by atoms with Crippen LogP contribution in [0.2, 0.25) is 0 Å². The van der Waals surface area contributed by atoms with E-state index in [0.29, 0.717) is 32.6 Å². The highest BCUT2D eigenvalue weighted by Crippen LogP contribution is 2.33. The van der Waals surface area contributed by atoms with Crippen molar-refractivity contribution in [3.8, 4) is 11.5 Å². The Labute approximate surface area is 175 Å². The molecule has 0 unspecified atom stereocenters. The van der Waals surface area contributed by atoms with Gasteiger partial charge in [-0.2, -0.15) is 0 Å². The second-order valence-electron chi connectivity index (χ2n) is 7.22. The maximum Gasteiger partial charge on any atom is 0.321 e. The van der Waals surface area contributed by atoms with E-state index in [4.69, 9.17) is 9.47 Å². The third-order valence-electron chi connectivity index (χ3n) is 5.25. The molecule has 4 rings (SSSR count). The number of nitrogens with zero attached hydrogens (tertiary/aromatic N) is 2. The summed E-state index contributed by atoms with van der Waals surface area (Å²) in [5, 5.41) is 2.93. The van der Waals surface area contributed by atoms with Gasteiger partial charge in [-0.15, -0.1) is 0 Å². The van der Waals surface area contributed by atoms with Crippen molar-refractivity contribution in [3.63, 3.8) is 0 Å². The molecule has 2 aliphatic rings. The van der Waals surface area contributed by atoms with Gasteiger partial charge >= 0.3 is 6.03 Å². The molecule has 2 aliphatic heterocycles. The Morgan fingerprint density at radius 2 is 1.53 bits per heavy atom. The number of anilines is 1. The molecule has 7 heteroatoms. The Morgan fingerprint density at radius 1 is 0.900 bits per heavy atom. The van der Waals surface area contributed by atoms with Crippen LogP contribution < -0.4 is 14.8 Å². The van der Waals surface area contributed by atoms with E-state index in [1.54, 1.807) is 4.90 Å². The molecule has 0 spiro atoms. The molecule has 1 fully saturated rings. The number of fused-ring (bicyclic) bond motifs is 1. The molecule has 156 valence electrons. The molecular weight excluding hydrogens is 382 g/mol. The Morgan fingerprint density at radius 3 is 2.27 bits per heavy atom. The molecule has 0 radical (unpaired) electrons. The average Bonchev–Trinajstić information content (AvgIpc) is 3.26. The van der Waals surface area contributed by atoms with E-state index in [2.05, 4.69) is 5.32 Å². The summed E-state index contributed by atoms with van der Waals surface area (Å²) in [6.07, 6.45) is 4.52. The van der Waals surface area contributed by atoms with Gasteiger partial charge in [-0.25, -0.2) is 4.79 Å². The topological polar surface area (TPSA) is 71.1 Å². The van der Waals surface area contributed by atoms with Crippen molar-refractivity contribution in [3.05, 3.63) is 53.6 Å². The van der Waals surface area contributed by atoms with Crippen LogP contribution in [-0.4, -0.2) is 54.7 Å². The van der Waals surface area contributed by atoms with E-state index in [-0.39, 0.29) is 18.7 Å². The number of benzene rings is 2. The fraction of sp³-hybridized carbons (Fsp3) is 0.304. The van der Waals surface area contributed by atoms with Gasteiger partial charge in [0.25, 0.3) is 0 Å². The first-order valence-corrected chi connectivity index (χ1v) is 10.1. The standard InChI is InChI=1S/C23H25N3O4/c1-2-22(27)25-11-13-26(14-12-25)23(28)24-19-8-5-17(6-9-19)3-4-18-7-10-20-21(15-18)30-16-29-20/h3-10,15H,2,11-14,16H2,1H3,(H,24,28)/b4-3+. The summed E-state index contributed by atoms with van der Waals surface area (Å²) < 4.78 is 10.7. The smallest absolute Gasteiger partial charge is 0.321 e. The zero-order valence-corrected chi connectivity index (χ0v) is 17.0. The summed E-state index contributed by atoms with van der Waals surface area (Å²) in [6, 6.07) is 13.4. The molecule has 1 saturated heterocycles. The summed E-state index contributed by atoms with van der Waals surface area (Å²) in [6.45, 7) is 4.40. The number of carbonyl (C=O) groups excluding carboxylic acids is 2. The lowest BCUT2D eigenvalue weighted by atomic mass is 10.1. The minimum atomic E-state index is -0.137. The van der Waals surface area contributed by atoms with Crippen LogP contribution in [0.15, 0.2) is 42.5 Å². The van der Waals surface area contributed by atoms with Crippen molar-refractivity contribution in [2.24, 2.45) is 0 Å². The van der Waals surface area contributed by atoms with E-state index in [9.17, 15) is 9.59 Å². The summed E-state index contributed by atoms with van der Waals surface area (Å²) in [7, 11) is 0. The molecule has 0 aromatic heterocycles. The van der Waals surface area contributed by atoms with Crippen LogP contribution in [0, 0.1) is 0 Å². The van der Waals surface area contributed by atoms with Crippen LogP contribution in [0.4, 0.5) is 10.5 Å². The Balaban J connectivity index is 1.30. The van der Waals surface area contributed by atoms with Crippen LogP contribution in [0.3, 0.4) is 0 Å². The summed E-state index contributed by atoms with van der Waals surface area (Å²) in [5.74, 6) is 1.67. The van der Waals surface area contributed by atoms with Crippen LogP contribution >= 0.6 is 0 Å². The lowest BCUT2D eigenvalue weighted by Gasteiger charge is -2.34. The van der Waals surface area contributed by atoms with Crippen LogP contribution in [0.1, 0.15) is 24.5 Å². The average molecular weight is 407 g/mol. The van der Waals surface area contributed by atoms with Crippen molar-refractivity contribution >= 4 is 29.8 Å². The molecule has 2 aromatic carbocycles. The minimum Gasteiger partial charge on any atom is -0.454 e. The van der Waals surface area contributed by atoms with Gasteiger partial charge in [0.15, 0.2) is 11.5 Å². The van der Waals surface area contributed by atoms with Gasteiger partial charge in [-0.05, 0) is 35.4 Å². The molecule has 0 bridgehead atoms. The van der Waals surface area contributed by atoms with Crippen LogP contribution in [-0.2, 0) is 4.79 Å². The third kappa shape index (κ3) is 4.56. The quantitative estimate of drug-likeness (QED) is 0.785. The number of hydrogen-bond acceptors (Lipinski definition) is 4. The number of carbonyl (C=O) groups is 2. The number of ether oxygens (including phenoxy) is 2. The molecule has 3 amide bonds. The van der Waals surface area contributed by atoms with E-state index < -0.39 is 0 Å². The van der Waals surface area contributed by atoms with Gasteiger partial charge in [0.05, 0.1) is 0 Å². The fourth-order valence-corrected chi connectivity index (χ4v) is 3.47. The molecule has 7 nitrogen and oxygen atoms in total. The van der Waals surface area contributed by atoms with Gasteiger partial charge in [0.2, 0.25) is 12.7 Å². The van der Waals surface area contributed by atoms with E-state index >= 15 is 0 Å². The van der Waals surface area contributed by atoms with Crippen molar-refractivity contribution in [1.82, 2.24) is 9.80 Å². The van der Waals surface area contributed by atoms with Crippen molar-refractivity contribution in [1.29, 1.82) is 0 Å². The van der Waals surface area contributed by atoms with Gasteiger partial charge in [-0.3, -0.25) is 4.79 Å². The van der Waals surface area contributed by atoms with E-state index in [0.717, 1.165) is 28.3 Å². The zero-order chi connectivity index (χ0) is 20.9. The predicted octanol–water partition coefficient (Wildman–Crippen LogP) is 3.67. The van der Waals surface area contributed by atoms with Crippen molar-refractivity contribution in [2.45, 2.75) is 13.3 Å². The maximum absolute atomic E-state index is 12.5.